The predicted octanol–water partition coefficient (Wildman–Crippen LogP) is -8.89. The Kier molecular flexibility index (Phi) is 37.3. The lowest BCUT2D eigenvalue weighted by Crippen LogP contribution is -2.46. The summed E-state index contributed by atoms with van der Waals surface area (Å²) in [6, 6.07) is 0. The van der Waals surface area contributed by atoms with E-state index < -0.39 is 167 Å². The molecule has 14 amide bonds. The zero-order chi connectivity index (χ0) is 82.7. The highest BCUT2D eigenvalue weighted by Gasteiger charge is 2.33. The third-order valence-electron chi connectivity index (χ3n) is 17.2. The molecule has 600 valence electrons. The topological polar surface area (TPSA) is 546 Å². The summed E-state index contributed by atoms with van der Waals surface area (Å²) in [6.07, 6.45) is 15.7. The van der Waals surface area contributed by atoms with Gasteiger partial charge in [0.25, 0.3) is 82.7 Å². The Labute approximate surface area is 640 Å². The van der Waals surface area contributed by atoms with Gasteiger partial charge in [0.15, 0.2) is 52.0 Å². The molecule has 0 atom stereocenters. The van der Waals surface area contributed by atoms with E-state index in [1.165, 1.54) is 12.2 Å². The van der Waals surface area contributed by atoms with E-state index in [2.05, 4.69) is 42.5 Å². The molecule has 112 heavy (non-hydrogen) atoms. The Morgan fingerprint density at radius 2 is 0.339 bits per heavy atom. The summed E-state index contributed by atoms with van der Waals surface area (Å²) in [6.45, 7) is 0.0578. The fraction of sp³-hybridized carbons (Fsp3) is 0.458. The first kappa shape index (κ1) is 90.8. The number of hydrogen-bond donors (Lipinski definition) is 8. The molecule has 0 spiro atoms. The summed E-state index contributed by atoms with van der Waals surface area (Å²) in [5.41, 5.74) is 0. The molecule has 0 radical (unpaired) electrons. The van der Waals surface area contributed by atoms with Gasteiger partial charge in [-0.3, -0.25) is 154 Å². The van der Waals surface area contributed by atoms with Crippen molar-refractivity contribution in [1.82, 2.24) is 76.8 Å². The van der Waals surface area contributed by atoms with Gasteiger partial charge in [-0.15, -0.1) is 0 Å². The van der Waals surface area contributed by atoms with Gasteiger partial charge in [0.2, 0.25) is 0 Å². The molecule has 0 saturated carbocycles. The van der Waals surface area contributed by atoms with E-state index in [-0.39, 0.29) is 166 Å². The third kappa shape index (κ3) is 29.6. The lowest BCUT2D eigenvalue weighted by atomic mass is 10.00. The predicted molar refractivity (Wildman–Crippen MR) is 384 cm³/mol. The largest absolute Gasteiger partial charge is 0.309 e. The van der Waals surface area contributed by atoms with Crippen LogP contribution in [0.15, 0.2) is 85.1 Å². The second kappa shape index (κ2) is 46.0. The maximum atomic E-state index is 13.5. The highest BCUT2D eigenvalue weighted by Crippen LogP contribution is 2.11. The lowest BCUT2D eigenvalue weighted by molar-refractivity contribution is -0.141. The van der Waals surface area contributed by atoms with Crippen molar-refractivity contribution in [1.29, 1.82) is 0 Å². The number of carbonyl (C=O) groups excluding carboxylic acids is 25. The molecule has 0 aromatic rings. The van der Waals surface area contributed by atoms with Crippen molar-refractivity contribution >= 4 is 146 Å². The van der Waals surface area contributed by atoms with Gasteiger partial charge in [0.1, 0.15) is 11.6 Å². The summed E-state index contributed by atoms with van der Waals surface area (Å²) in [5, 5.41) is 22.9. The highest BCUT2D eigenvalue weighted by molar-refractivity contribution is 6.19. The molecular weight excluding hydrogens is 1470 g/mol. The van der Waals surface area contributed by atoms with Crippen LogP contribution in [0.2, 0.25) is 0 Å². The van der Waals surface area contributed by atoms with E-state index in [0.717, 1.165) is 107 Å². The van der Waals surface area contributed by atoms with E-state index in [4.69, 9.17) is 0 Å². The number of nitrogens with zero attached hydrogens (tertiary/aromatic N) is 7. The minimum atomic E-state index is -0.878. The second-order valence-electron chi connectivity index (χ2n) is 25.7. The maximum absolute atomic E-state index is 13.5. The maximum Gasteiger partial charge on any atom is 0.254 e. The molecule has 7 rings (SSSR count). The SMILES string of the molecule is CCC(=O)C(CNCC(=O)C(CNCC(=O)CN1C(=O)C=CC1=O)CNCC(=O)CN1C(=O)C=CC1=O)CNCC(=O)C(CNCC(=O)CN1C(=O)C=CC1=O)CNCC(=O)CN1C(=O)C=CC1=O.CCC(=O)C(CNCC(=O)CN1C(=O)C=CC1=O)CNCC(=O)CN1C(=O)C=CC1=O.CCC(=O)CN1C(=O)C=CC1=O. The standard InChI is InChI=1S/C44H54N10O15.C20H24N4O7.C8H9NO3/c1-2-34(59)27(11-49-21-35(60)28(13-45-17-30(55)23-51-37(62)3-4-38(51)63)14-46-18-31(56)24-52-39(64)5-6-40(52)65)12-50-22-36(61)29(15-47-19-32(57)25-53-41(66)7-8-42(53)67)16-48-20-33(58)26-54-43(68)9-10-44(54)69;1-2-16(27)13(7-21-9-14(25)11-23-17(28)3-4-18(23)29)8-22-10-15(26)12-24-19(30)5-6-20(24)31;1-2-6(10)5-9-7(11)3-4-8(9)12/h3-10,27-29,45-50H,2,11-26H2,1H3;3-6,13,21-22H,2,7-12H2,1H3;3-4H,2,5H2,1H3. The minimum Gasteiger partial charge on any atom is -0.309 e. The summed E-state index contributed by atoms with van der Waals surface area (Å²) < 4.78 is 0. The highest BCUT2D eigenvalue weighted by atomic mass is 16.2. The summed E-state index contributed by atoms with van der Waals surface area (Å²) in [4.78, 5) is 306. The van der Waals surface area contributed by atoms with Crippen molar-refractivity contribution in [2.45, 2.75) is 40.0 Å². The number of amides is 14. The van der Waals surface area contributed by atoms with Gasteiger partial charge >= 0.3 is 0 Å². The monoisotopic (exact) mass is 1560 g/mol. The molecule has 7 aliphatic rings. The van der Waals surface area contributed by atoms with Gasteiger partial charge in [0, 0.05) is 180 Å². The summed E-state index contributed by atoms with van der Waals surface area (Å²) in [7, 11) is 0. The molecule has 0 fully saturated rings. The molecule has 40 nitrogen and oxygen atoms in total. The summed E-state index contributed by atoms with van der Waals surface area (Å²) >= 11 is 0. The Morgan fingerprint density at radius 1 is 0.205 bits per heavy atom. The van der Waals surface area contributed by atoms with E-state index >= 15 is 0 Å². The zero-order valence-electron chi connectivity index (χ0n) is 61.6. The van der Waals surface area contributed by atoms with Crippen LogP contribution >= 0.6 is 0 Å². The van der Waals surface area contributed by atoms with E-state index in [1.54, 1.807) is 20.8 Å². The molecule has 0 unspecified atom stereocenters. The number of ketones is 11. The molecule has 0 aromatic carbocycles. The number of imide groups is 7. The normalized spacial score (nSPS) is 15.7. The zero-order valence-corrected chi connectivity index (χ0v) is 61.6. The fourth-order valence-corrected chi connectivity index (χ4v) is 10.9. The number of carbonyl (C=O) groups is 25. The van der Waals surface area contributed by atoms with Crippen LogP contribution < -0.4 is 42.5 Å². The van der Waals surface area contributed by atoms with Crippen LogP contribution in [-0.2, 0) is 120 Å². The average molecular weight is 1560 g/mol. The van der Waals surface area contributed by atoms with Crippen molar-refractivity contribution < 1.29 is 120 Å². The molecular formula is C72H87N15O25. The van der Waals surface area contributed by atoms with Crippen LogP contribution in [0.1, 0.15) is 40.0 Å². The van der Waals surface area contributed by atoms with Gasteiger partial charge in [-0.25, -0.2) is 0 Å². The van der Waals surface area contributed by atoms with Gasteiger partial charge in [-0.2, -0.15) is 0 Å². The quantitative estimate of drug-likeness (QED) is 0.0262. The van der Waals surface area contributed by atoms with Crippen LogP contribution in [0.3, 0.4) is 0 Å². The van der Waals surface area contributed by atoms with Crippen molar-refractivity contribution in [2.24, 2.45) is 23.7 Å². The first-order valence-electron chi connectivity index (χ1n) is 35.4. The van der Waals surface area contributed by atoms with Crippen molar-refractivity contribution in [3.63, 3.8) is 0 Å². The van der Waals surface area contributed by atoms with E-state index in [0.29, 0.717) is 6.42 Å². The van der Waals surface area contributed by atoms with Crippen molar-refractivity contribution in [3.8, 4) is 0 Å². The van der Waals surface area contributed by atoms with E-state index in [9.17, 15) is 120 Å². The fourth-order valence-electron chi connectivity index (χ4n) is 10.9. The average Bonchev–Trinajstić information content (AvgIpc) is 1.77. The molecule has 7 heterocycles. The second-order valence-corrected chi connectivity index (χ2v) is 25.7. The third-order valence-corrected chi connectivity index (χ3v) is 17.2. The Balaban J connectivity index is 0.000000423. The molecule has 0 bridgehead atoms. The van der Waals surface area contributed by atoms with Gasteiger partial charge < -0.3 is 42.5 Å². The van der Waals surface area contributed by atoms with Crippen LogP contribution in [0.5, 0.6) is 0 Å². The van der Waals surface area contributed by atoms with Gasteiger partial charge in [0.05, 0.1) is 98.2 Å². The first-order valence-corrected chi connectivity index (χ1v) is 35.4. The molecule has 0 saturated heterocycles. The van der Waals surface area contributed by atoms with Crippen LogP contribution in [-0.4, -0.2) is 331 Å². The number of nitrogens with one attached hydrogen (secondary N) is 8. The summed E-state index contributed by atoms with van der Waals surface area (Å²) in [5.74, 6) is -15.2. The van der Waals surface area contributed by atoms with E-state index in [1.807, 2.05) is 0 Å². The number of hydrogen-bond acceptors (Lipinski definition) is 33. The molecule has 8 N–H and O–H groups in total. The number of Topliss-reactive ketones (excluding diaryl/α,β-unsaturated/α-hetero) is 11. The minimum absolute atomic E-state index is 0.0200. The van der Waals surface area contributed by atoms with Crippen LogP contribution in [0.25, 0.3) is 0 Å². The van der Waals surface area contributed by atoms with Crippen molar-refractivity contribution in [3.05, 3.63) is 85.1 Å². The lowest BCUT2D eigenvalue weighted by Gasteiger charge is -2.21. The smallest absolute Gasteiger partial charge is 0.254 e. The first-order chi connectivity index (χ1) is 53.2. The Hall–Kier alpha value is -11.8. The van der Waals surface area contributed by atoms with Gasteiger partial charge in [-0.1, -0.05) is 20.8 Å². The van der Waals surface area contributed by atoms with Crippen molar-refractivity contribution in [2.75, 3.05) is 151 Å². The number of rotatable bonds is 53. The molecule has 40 heteroatoms. The van der Waals surface area contributed by atoms with Crippen LogP contribution in [0.4, 0.5) is 0 Å². The molecule has 0 aromatic heterocycles. The Bertz CT molecular complexity index is 3580. The van der Waals surface area contributed by atoms with Gasteiger partial charge in [-0.05, 0) is 0 Å². The molecule has 0 aliphatic carbocycles. The van der Waals surface area contributed by atoms with Crippen LogP contribution in [0, 0.1) is 23.7 Å². The Morgan fingerprint density at radius 3 is 0.482 bits per heavy atom. The molecule has 7 aliphatic heterocycles.